The number of ether oxygens (including phenoxy) is 1. The van der Waals surface area contributed by atoms with Crippen LogP contribution in [0.3, 0.4) is 0 Å². The molecule has 0 spiro atoms. The normalized spacial score (nSPS) is 18.5. The first-order chi connectivity index (χ1) is 12.0. The Balaban J connectivity index is 1.72. The molecule has 1 saturated heterocycles. The van der Waals surface area contributed by atoms with Crippen LogP contribution in [-0.4, -0.2) is 30.6 Å². The fraction of sp³-hybridized carbons (Fsp3) is 0.400. The number of halogens is 2. The maximum atomic E-state index is 13.4. The van der Waals surface area contributed by atoms with Gasteiger partial charge in [0.25, 0.3) is 0 Å². The zero-order chi connectivity index (χ0) is 17.8. The minimum atomic E-state index is -0.804. The highest BCUT2D eigenvalue weighted by atomic mass is 19.2. The summed E-state index contributed by atoms with van der Waals surface area (Å²) < 4.78 is 32.5. The molecule has 0 radical (unpaired) electrons. The van der Waals surface area contributed by atoms with Gasteiger partial charge in [0.05, 0.1) is 6.10 Å². The molecule has 1 aliphatic rings. The van der Waals surface area contributed by atoms with Gasteiger partial charge in [-0.1, -0.05) is 24.3 Å². The molecule has 1 atom stereocenters. The molecule has 0 amide bonds. The molecule has 25 heavy (non-hydrogen) atoms. The van der Waals surface area contributed by atoms with E-state index < -0.39 is 11.6 Å². The van der Waals surface area contributed by atoms with Gasteiger partial charge in [-0.25, -0.2) is 8.78 Å². The fourth-order valence-corrected chi connectivity index (χ4v) is 3.19. The fourth-order valence-electron chi connectivity index (χ4n) is 3.19. The van der Waals surface area contributed by atoms with Gasteiger partial charge in [-0.15, -0.1) is 0 Å². The van der Waals surface area contributed by atoms with Crippen molar-refractivity contribution in [2.24, 2.45) is 0 Å². The van der Waals surface area contributed by atoms with E-state index in [0.29, 0.717) is 6.54 Å². The molecular formula is C20H24F2N2O. The van der Waals surface area contributed by atoms with Crippen molar-refractivity contribution in [3.63, 3.8) is 0 Å². The Morgan fingerprint density at radius 3 is 2.72 bits per heavy atom. The van der Waals surface area contributed by atoms with Gasteiger partial charge in [-0.2, -0.15) is 0 Å². The van der Waals surface area contributed by atoms with E-state index >= 15 is 0 Å². The van der Waals surface area contributed by atoms with E-state index in [1.165, 1.54) is 12.1 Å². The van der Waals surface area contributed by atoms with E-state index in [1.807, 2.05) is 32.0 Å². The highest BCUT2D eigenvalue weighted by Crippen LogP contribution is 2.28. The van der Waals surface area contributed by atoms with Crippen LogP contribution in [0.1, 0.15) is 31.0 Å². The SMILES string of the molecule is CC(C)Oc1ccccc1[C@H]1CN(Cc2ccc(F)c(F)c2)CCN1. The van der Waals surface area contributed by atoms with Crippen molar-refractivity contribution in [2.45, 2.75) is 32.5 Å². The number of hydrogen-bond acceptors (Lipinski definition) is 3. The van der Waals surface area contributed by atoms with Gasteiger partial charge in [0, 0.05) is 37.8 Å². The molecule has 0 bridgehead atoms. The Morgan fingerprint density at radius 2 is 1.96 bits per heavy atom. The third kappa shape index (κ3) is 4.55. The van der Waals surface area contributed by atoms with Crippen molar-refractivity contribution in [2.75, 3.05) is 19.6 Å². The van der Waals surface area contributed by atoms with Gasteiger partial charge in [0.1, 0.15) is 5.75 Å². The summed E-state index contributed by atoms with van der Waals surface area (Å²) in [6, 6.07) is 12.3. The molecule has 0 aliphatic carbocycles. The summed E-state index contributed by atoms with van der Waals surface area (Å²) in [4.78, 5) is 2.25. The van der Waals surface area contributed by atoms with Crippen LogP contribution in [0.5, 0.6) is 5.75 Å². The lowest BCUT2D eigenvalue weighted by atomic mass is 10.0. The molecular weight excluding hydrogens is 322 g/mol. The smallest absolute Gasteiger partial charge is 0.159 e. The van der Waals surface area contributed by atoms with Crippen molar-refractivity contribution in [3.05, 3.63) is 65.2 Å². The summed E-state index contributed by atoms with van der Waals surface area (Å²) >= 11 is 0. The van der Waals surface area contributed by atoms with Gasteiger partial charge in [0.15, 0.2) is 11.6 Å². The van der Waals surface area contributed by atoms with Crippen molar-refractivity contribution in [3.8, 4) is 5.75 Å². The lowest BCUT2D eigenvalue weighted by Crippen LogP contribution is -2.45. The summed E-state index contributed by atoms with van der Waals surface area (Å²) in [5.74, 6) is -0.703. The highest BCUT2D eigenvalue weighted by Gasteiger charge is 2.23. The summed E-state index contributed by atoms with van der Waals surface area (Å²) in [5, 5.41) is 3.53. The summed E-state index contributed by atoms with van der Waals surface area (Å²) in [5.41, 5.74) is 1.91. The molecule has 1 heterocycles. The maximum absolute atomic E-state index is 13.4. The number of para-hydroxylation sites is 1. The molecule has 1 aliphatic heterocycles. The molecule has 5 heteroatoms. The van der Waals surface area contributed by atoms with E-state index in [0.717, 1.165) is 36.5 Å². The van der Waals surface area contributed by atoms with Crippen LogP contribution in [0, 0.1) is 11.6 Å². The second kappa shape index (κ2) is 7.93. The number of nitrogens with one attached hydrogen (secondary N) is 1. The third-order valence-electron chi connectivity index (χ3n) is 4.31. The summed E-state index contributed by atoms with van der Waals surface area (Å²) in [6.45, 7) is 7.12. The Kier molecular flexibility index (Phi) is 5.66. The third-order valence-corrected chi connectivity index (χ3v) is 4.31. The molecule has 0 aromatic heterocycles. The average Bonchev–Trinajstić information content (AvgIpc) is 2.58. The minimum Gasteiger partial charge on any atom is -0.491 e. The van der Waals surface area contributed by atoms with Crippen LogP contribution < -0.4 is 10.1 Å². The van der Waals surface area contributed by atoms with Crippen LogP contribution in [-0.2, 0) is 6.54 Å². The first kappa shape index (κ1) is 17.8. The highest BCUT2D eigenvalue weighted by molar-refractivity contribution is 5.36. The number of benzene rings is 2. The Labute approximate surface area is 147 Å². The molecule has 0 unspecified atom stereocenters. The largest absolute Gasteiger partial charge is 0.491 e. The van der Waals surface area contributed by atoms with Crippen LogP contribution in [0.2, 0.25) is 0 Å². The van der Waals surface area contributed by atoms with E-state index in [-0.39, 0.29) is 12.1 Å². The Hall–Kier alpha value is -1.98. The van der Waals surface area contributed by atoms with E-state index in [1.54, 1.807) is 6.07 Å². The number of rotatable bonds is 5. The van der Waals surface area contributed by atoms with Crippen molar-refractivity contribution >= 4 is 0 Å². The summed E-state index contributed by atoms with van der Waals surface area (Å²) in [6.07, 6.45) is 0.114. The number of nitrogens with zero attached hydrogens (tertiary/aromatic N) is 1. The Bertz CT molecular complexity index is 721. The molecule has 1 fully saturated rings. The van der Waals surface area contributed by atoms with Gasteiger partial charge in [-0.3, -0.25) is 4.90 Å². The van der Waals surface area contributed by atoms with E-state index in [2.05, 4.69) is 16.3 Å². The first-order valence-corrected chi connectivity index (χ1v) is 8.68. The second-order valence-corrected chi connectivity index (χ2v) is 6.69. The van der Waals surface area contributed by atoms with Crippen molar-refractivity contribution < 1.29 is 13.5 Å². The zero-order valence-corrected chi connectivity index (χ0v) is 14.6. The number of piperazine rings is 1. The average molecular weight is 346 g/mol. The Morgan fingerprint density at radius 1 is 1.16 bits per heavy atom. The number of hydrogen-bond donors (Lipinski definition) is 1. The molecule has 2 aromatic carbocycles. The molecule has 1 N–H and O–H groups in total. The lowest BCUT2D eigenvalue weighted by Gasteiger charge is -2.34. The van der Waals surface area contributed by atoms with E-state index in [4.69, 9.17) is 4.74 Å². The predicted molar refractivity (Wildman–Crippen MR) is 94.6 cm³/mol. The quantitative estimate of drug-likeness (QED) is 0.889. The van der Waals surface area contributed by atoms with Crippen molar-refractivity contribution in [1.29, 1.82) is 0 Å². The molecule has 3 rings (SSSR count). The zero-order valence-electron chi connectivity index (χ0n) is 14.6. The molecule has 0 saturated carbocycles. The van der Waals surface area contributed by atoms with E-state index in [9.17, 15) is 8.78 Å². The van der Waals surface area contributed by atoms with Crippen LogP contribution in [0.25, 0.3) is 0 Å². The van der Waals surface area contributed by atoms with Crippen LogP contribution >= 0.6 is 0 Å². The molecule has 2 aromatic rings. The standard InChI is InChI=1S/C20H24F2N2O/c1-14(2)25-20-6-4-3-5-16(20)19-13-24(10-9-23-19)12-15-7-8-17(21)18(22)11-15/h3-8,11,14,19,23H,9-10,12-13H2,1-2H3/t19-/m1/s1. The second-order valence-electron chi connectivity index (χ2n) is 6.69. The van der Waals surface area contributed by atoms with Crippen LogP contribution in [0.4, 0.5) is 8.78 Å². The van der Waals surface area contributed by atoms with Crippen LogP contribution in [0.15, 0.2) is 42.5 Å². The van der Waals surface area contributed by atoms with Gasteiger partial charge >= 0.3 is 0 Å². The minimum absolute atomic E-state index is 0.114. The lowest BCUT2D eigenvalue weighted by molar-refractivity contribution is 0.186. The van der Waals surface area contributed by atoms with Gasteiger partial charge < -0.3 is 10.1 Å². The predicted octanol–water partition coefficient (Wildman–Crippen LogP) is 3.90. The first-order valence-electron chi connectivity index (χ1n) is 8.68. The summed E-state index contributed by atoms with van der Waals surface area (Å²) in [7, 11) is 0. The topological polar surface area (TPSA) is 24.5 Å². The monoisotopic (exact) mass is 346 g/mol. The molecule has 3 nitrogen and oxygen atoms in total. The van der Waals surface area contributed by atoms with Crippen molar-refractivity contribution in [1.82, 2.24) is 10.2 Å². The maximum Gasteiger partial charge on any atom is 0.159 e. The molecule has 134 valence electrons. The van der Waals surface area contributed by atoms with Gasteiger partial charge in [0.2, 0.25) is 0 Å². The van der Waals surface area contributed by atoms with Gasteiger partial charge in [-0.05, 0) is 37.6 Å².